The van der Waals surface area contributed by atoms with Crippen LogP contribution in [0.5, 0.6) is 5.75 Å². The van der Waals surface area contributed by atoms with Gasteiger partial charge < -0.3 is 4.74 Å². The summed E-state index contributed by atoms with van der Waals surface area (Å²) < 4.78 is 6.77. The molecule has 0 N–H and O–H groups in total. The maximum atomic E-state index is 6.77. The molecular weight excluding hydrogens is 340 g/mol. The van der Waals surface area contributed by atoms with Crippen LogP contribution in [0.15, 0.2) is 115 Å². The Hall–Kier alpha value is -3.58. The first kappa shape index (κ1) is 16.6. The maximum Gasteiger partial charge on any atom is 0.178 e. The molecule has 4 aromatic carbocycles. The molecule has 0 amide bonds. The summed E-state index contributed by atoms with van der Waals surface area (Å²) >= 11 is 0. The number of hydrogen-bond donors (Lipinski definition) is 0. The SMILES string of the molecule is C1=CC(c2ccccc2)(c2ccccc2)Oc2cccc(-c3ccccc3)c21. The lowest BCUT2D eigenvalue weighted by molar-refractivity contribution is 0.161. The molecule has 0 radical (unpaired) electrons. The van der Waals surface area contributed by atoms with Crippen LogP contribution < -0.4 is 4.74 Å². The third-order valence-corrected chi connectivity index (χ3v) is 5.31. The third-order valence-electron chi connectivity index (χ3n) is 5.31. The standard InChI is InChI=1S/C27H20O/c1-4-11-21(12-5-1)24-17-10-18-26-25(24)19-20-27(28-26,22-13-6-2-7-14-22)23-15-8-3-9-16-23/h1-20H. The highest BCUT2D eigenvalue weighted by Gasteiger charge is 2.37. The predicted molar refractivity (Wildman–Crippen MR) is 115 cm³/mol. The van der Waals surface area contributed by atoms with Gasteiger partial charge in [0, 0.05) is 16.7 Å². The van der Waals surface area contributed by atoms with Gasteiger partial charge in [0.15, 0.2) is 5.60 Å². The zero-order chi connectivity index (χ0) is 18.8. The minimum Gasteiger partial charge on any atom is -0.473 e. The van der Waals surface area contributed by atoms with E-state index in [1.54, 1.807) is 0 Å². The number of fused-ring (bicyclic) bond motifs is 1. The van der Waals surface area contributed by atoms with Crippen molar-refractivity contribution in [2.75, 3.05) is 0 Å². The molecule has 0 fully saturated rings. The van der Waals surface area contributed by atoms with E-state index in [1.165, 1.54) is 11.1 Å². The van der Waals surface area contributed by atoms with E-state index in [-0.39, 0.29) is 0 Å². The van der Waals surface area contributed by atoms with E-state index in [4.69, 9.17) is 4.74 Å². The van der Waals surface area contributed by atoms with E-state index in [9.17, 15) is 0 Å². The normalized spacial score (nSPS) is 14.1. The zero-order valence-electron chi connectivity index (χ0n) is 15.5. The van der Waals surface area contributed by atoms with Gasteiger partial charge in [-0.05, 0) is 29.3 Å². The lowest BCUT2D eigenvalue weighted by atomic mass is 9.83. The Balaban J connectivity index is 1.69. The molecule has 0 saturated heterocycles. The summed E-state index contributed by atoms with van der Waals surface area (Å²) in [6, 6.07) is 37.6. The lowest BCUT2D eigenvalue weighted by Gasteiger charge is -2.36. The number of ether oxygens (including phenoxy) is 1. The van der Waals surface area contributed by atoms with E-state index < -0.39 is 5.60 Å². The molecule has 1 heterocycles. The predicted octanol–water partition coefficient (Wildman–Crippen LogP) is 6.70. The second-order valence-electron chi connectivity index (χ2n) is 6.99. The Morgan fingerprint density at radius 3 is 1.71 bits per heavy atom. The second-order valence-corrected chi connectivity index (χ2v) is 6.99. The van der Waals surface area contributed by atoms with Gasteiger partial charge in [-0.1, -0.05) is 103 Å². The summed E-state index contributed by atoms with van der Waals surface area (Å²) in [7, 11) is 0. The van der Waals surface area contributed by atoms with Crippen LogP contribution in [0.1, 0.15) is 16.7 Å². The molecule has 1 aliphatic heterocycles. The van der Waals surface area contributed by atoms with E-state index in [2.05, 4.69) is 103 Å². The van der Waals surface area contributed by atoms with E-state index in [0.717, 1.165) is 22.4 Å². The van der Waals surface area contributed by atoms with Crippen molar-refractivity contribution < 1.29 is 4.74 Å². The van der Waals surface area contributed by atoms with Crippen molar-refractivity contribution in [3.63, 3.8) is 0 Å². The van der Waals surface area contributed by atoms with E-state index in [0.29, 0.717) is 0 Å². The first-order valence-corrected chi connectivity index (χ1v) is 9.54. The van der Waals surface area contributed by atoms with Crippen molar-refractivity contribution in [1.29, 1.82) is 0 Å². The molecule has 0 aromatic heterocycles. The quantitative estimate of drug-likeness (QED) is 0.395. The molecule has 1 aliphatic rings. The monoisotopic (exact) mass is 360 g/mol. The van der Waals surface area contributed by atoms with Crippen LogP contribution in [0.2, 0.25) is 0 Å². The van der Waals surface area contributed by atoms with Crippen LogP contribution in [0, 0.1) is 0 Å². The van der Waals surface area contributed by atoms with Gasteiger partial charge in [-0.2, -0.15) is 0 Å². The van der Waals surface area contributed by atoms with Gasteiger partial charge in [0.05, 0.1) is 0 Å². The van der Waals surface area contributed by atoms with Crippen LogP contribution >= 0.6 is 0 Å². The van der Waals surface area contributed by atoms with Gasteiger partial charge in [-0.3, -0.25) is 0 Å². The molecule has 0 unspecified atom stereocenters. The summed E-state index contributed by atoms with van der Waals surface area (Å²) in [6.45, 7) is 0. The highest BCUT2D eigenvalue weighted by Crippen LogP contribution is 2.44. The average molecular weight is 360 g/mol. The van der Waals surface area contributed by atoms with Crippen molar-refractivity contribution >= 4 is 6.08 Å². The Labute approximate surface area is 165 Å². The number of benzene rings is 4. The van der Waals surface area contributed by atoms with Crippen molar-refractivity contribution in [1.82, 2.24) is 0 Å². The van der Waals surface area contributed by atoms with Crippen molar-refractivity contribution in [2.24, 2.45) is 0 Å². The van der Waals surface area contributed by atoms with Gasteiger partial charge in [0.1, 0.15) is 5.75 Å². The first-order chi connectivity index (χ1) is 13.9. The highest BCUT2D eigenvalue weighted by atomic mass is 16.5. The molecule has 0 saturated carbocycles. The number of hydrogen-bond acceptors (Lipinski definition) is 1. The number of rotatable bonds is 3. The van der Waals surface area contributed by atoms with Gasteiger partial charge in [-0.25, -0.2) is 0 Å². The topological polar surface area (TPSA) is 9.23 Å². The largest absolute Gasteiger partial charge is 0.473 e. The molecule has 1 nitrogen and oxygen atoms in total. The van der Waals surface area contributed by atoms with Gasteiger partial charge in [0.2, 0.25) is 0 Å². The fourth-order valence-corrected chi connectivity index (χ4v) is 3.93. The summed E-state index contributed by atoms with van der Waals surface area (Å²) in [5.41, 5.74) is 5.10. The molecule has 5 rings (SSSR count). The van der Waals surface area contributed by atoms with Gasteiger partial charge >= 0.3 is 0 Å². The molecule has 4 aromatic rings. The van der Waals surface area contributed by atoms with Crippen molar-refractivity contribution in [3.8, 4) is 16.9 Å². The minimum absolute atomic E-state index is 0.634. The molecule has 0 atom stereocenters. The summed E-state index contributed by atoms with van der Waals surface area (Å²) in [5, 5.41) is 0. The highest BCUT2D eigenvalue weighted by molar-refractivity contribution is 5.80. The van der Waals surface area contributed by atoms with Gasteiger partial charge in [0.25, 0.3) is 0 Å². The Bertz CT molecular complexity index is 1070. The second kappa shape index (κ2) is 6.86. The molecule has 0 spiro atoms. The molecule has 0 aliphatic carbocycles. The fourth-order valence-electron chi connectivity index (χ4n) is 3.93. The summed E-state index contributed by atoms with van der Waals surface area (Å²) in [5.74, 6) is 0.900. The van der Waals surface area contributed by atoms with Crippen LogP contribution in [-0.4, -0.2) is 0 Å². The van der Waals surface area contributed by atoms with Crippen LogP contribution in [0.25, 0.3) is 17.2 Å². The smallest absolute Gasteiger partial charge is 0.178 e. The summed E-state index contributed by atoms with van der Waals surface area (Å²) in [6.07, 6.45) is 4.40. The Morgan fingerprint density at radius 1 is 0.536 bits per heavy atom. The molecule has 134 valence electrons. The summed E-state index contributed by atoms with van der Waals surface area (Å²) in [4.78, 5) is 0. The van der Waals surface area contributed by atoms with Crippen LogP contribution in [0.4, 0.5) is 0 Å². The fraction of sp³-hybridized carbons (Fsp3) is 0.0370. The Kier molecular flexibility index (Phi) is 4.06. The first-order valence-electron chi connectivity index (χ1n) is 9.54. The average Bonchev–Trinajstić information content (AvgIpc) is 2.80. The van der Waals surface area contributed by atoms with Crippen LogP contribution in [-0.2, 0) is 5.60 Å². The molecular formula is C27H20O. The minimum atomic E-state index is -0.634. The zero-order valence-corrected chi connectivity index (χ0v) is 15.5. The molecule has 28 heavy (non-hydrogen) atoms. The molecule has 0 bridgehead atoms. The van der Waals surface area contributed by atoms with E-state index in [1.807, 2.05) is 18.2 Å². The third kappa shape index (κ3) is 2.73. The Morgan fingerprint density at radius 2 is 1.11 bits per heavy atom. The maximum absolute atomic E-state index is 6.77. The van der Waals surface area contributed by atoms with Crippen LogP contribution in [0.3, 0.4) is 0 Å². The lowest BCUT2D eigenvalue weighted by Crippen LogP contribution is -2.34. The van der Waals surface area contributed by atoms with Crippen molar-refractivity contribution in [3.05, 3.63) is 132 Å². The van der Waals surface area contributed by atoms with E-state index >= 15 is 0 Å². The molecule has 1 heteroatoms. The van der Waals surface area contributed by atoms with Crippen molar-refractivity contribution in [2.45, 2.75) is 5.60 Å². The van der Waals surface area contributed by atoms with Gasteiger partial charge in [-0.15, -0.1) is 0 Å².